The maximum atomic E-state index is 11.7. The van der Waals surface area contributed by atoms with Crippen molar-refractivity contribution in [3.63, 3.8) is 0 Å². The van der Waals surface area contributed by atoms with Crippen molar-refractivity contribution in [3.05, 3.63) is 0 Å². The number of carboxylic acids is 1. The van der Waals surface area contributed by atoms with Crippen LogP contribution in [0.25, 0.3) is 0 Å². The standard InChI is InChI=1S/C11H17N3O5/c1-6(2)7(10(17)18)3-12-11(19)14-4-8(15)13-9(16)5-14/h6-7H,3-5H2,1-2H3,(H,12,19)(H,17,18)(H,13,15,16). The van der Waals surface area contributed by atoms with Gasteiger partial charge in [0.2, 0.25) is 11.8 Å². The number of amides is 4. The topological polar surface area (TPSA) is 116 Å². The minimum atomic E-state index is -0.997. The zero-order valence-electron chi connectivity index (χ0n) is 10.8. The van der Waals surface area contributed by atoms with Gasteiger partial charge < -0.3 is 15.3 Å². The Morgan fingerprint density at radius 2 is 1.84 bits per heavy atom. The van der Waals surface area contributed by atoms with Gasteiger partial charge in [-0.1, -0.05) is 13.8 Å². The molecule has 0 bridgehead atoms. The van der Waals surface area contributed by atoms with E-state index in [4.69, 9.17) is 5.11 Å². The highest BCUT2D eigenvalue weighted by Gasteiger charge is 2.28. The maximum Gasteiger partial charge on any atom is 0.318 e. The van der Waals surface area contributed by atoms with Crippen molar-refractivity contribution in [3.8, 4) is 0 Å². The normalized spacial score (nSPS) is 17.1. The molecule has 0 aliphatic carbocycles. The Bertz CT molecular complexity index is 391. The largest absolute Gasteiger partial charge is 0.481 e. The first-order valence-corrected chi connectivity index (χ1v) is 5.89. The van der Waals surface area contributed by atoms with Gasteiger partial charge in [0.1, 0.15) is 13.1 Å². The van der Waals surface area contributed by atoms with Crippen LogP contribution in [0.3, 0.4) is 0 Å². The van der Waals surface area contributed by atoms with Crippen LogP contribution in [0.5, 0.6) is 0 Å². The number of nitrogens with one attached hydrogen (secondary N) is 2. The monoisotopic (exact) mass is 271 g/mol. The van der Waals surface area contributed by atoms with Crippen molar-refractivity contribution >= 4 is 23.8 Å². The molecular weight excluding hydrogens is 254 g/mol. The van der Waals surface area contributed by atoms with Crippen molar-refractivity contribution in [2.45, 2.75) is 13.8 Å². The number of carbonyl (C=O) groups is 4. The molecule has 3 N–H and O–H groups in total. The molecule has 0 spiro atoms. The van der Waals surface area contributed by atoms with Crippen molar-refractivity contribution < 1.29 is 24.3 Å². The first-order chi connectivity index (χ1) is 8.81. The van der Waals surface area contributed by atoms with E-state index >= 15 is 0 Å². The third kappa shape index (κ3) is 4.23. The van der Waals surface area contributed by atoms with E-state index in [1.165, 1.54) is 0 Å². The van der Waals surface area contributed by atoms with Crippen molar-refractivity contribution in [2.75, 3.05) is 19.6 Å². The third-order valence-electron chi connectivity index (χ3n) is 2.83. The molecule has 0 aromatic rings. The smallest absolute Gasteiger partial charge is 0.318 e. The van der Waals surface area contributed by atoms with Gasteiger partial charge in [0.25, 0.3) is 0 Å². The molecule has 0 radical (unpaired) electrons. The Labute approximate surface area is 110 Å². The van der Waals surface area contributed by atoms with E-state index in [1.54, 1.807) is 13.8 Å². The van der Waals surface area contributed by atoms with Gasteiger partial charge in [-0.15, -0.1) is 0 Å². The summed E-state index contributed by atoms with van der Waals surface area (Å²) in [6.45, 7) is 3.01. The summed E-state index contributed by atoms with van der Waals surface area (Å²) in [5.41, 5.74) is 0. The van der Waals surface area contributed by atoms with E-state index in [9.17, 15) is 19.2 Å². The average molecular weight is 271 g/mol. The molecular formula is C11H17N3O5. The average Bonchev–Trinajstić information content (AvgIpc) is 2.26. The lowest BCUT2D eigenvalue weighted by atomic mass is 9.96. The lowest BCUT2D eigenvalue weighted by Crippen LogP contribution is -2.56. The van der Waals surface area contributed by atoms with Gasteiger partial charge in [-0.25, -0.2) is 4.79 Å². The summed E-state index contributed by atoms with van der Waals surface area (Å²) in [5, 5.41) is 13.5. The first-order valence-electron chi connectivity index (χ1n) is 5.89. The fourth-order valence-electron chi connectivity index (χ4n) is 1.70. The molecule has 8 heteroatoms. The zero-order valence-corrected chi connectivity index (χ0v) is 10.8. The Kier molecular flexibility index (Phi) is 4.85. The van der Waals surface area contributed by atoms with Crippen molar-refractivity contribution in [1.29, 1.82) is 0 Å². The van der Waals surface area contributed by atoms with Gasteiger partial charge in [0, 0.05) is 6.54 Å². The summed E-state index contributed by atoms with van der Waals surface area (Å²) >= 11 is 0. The molecule has 0 aromatic heterocycles. The highest BCUT2D eigenvalue weighted by atomic mass is 16.4. The van der Waals surface area contributed by atoms with Crippen LogP contribution in [0, 0.1) is 11.8 Å². The van der Waals surface area contributed by atoms with Crippen LogP contribution in [0.15, 0.2) is 0 Å². The molecule has 1 rings (SSSR count). The van der Waals surface area contributed by atoms with E-state index in [-0.39, 0.29) is 25.6 Å². The Morgan fingerprint density at radius 1 is 1.32 bits per heavy atom. The molecule has 1 fully saturated rings. The summed E-state index contributed by atoms with van der Waals surface area (Å²) in [4.78, 5) is 45.9. The zero-order chi connectivity index (χ0) is 14.6. The van der Waals surface area contributed by atoms with Gasteiger partial charge in [0.15, 0.2) is 0 Å². The first kappa shape index (κ1) is 14.9. The van der Waals surface area contributed by atoms with Crippen molar-refractivity contribution in [2.24, 2.45) is 11.8 Å². The van der Waals surface area contributed by atoms with Crippen LogP contribution in [0.2, 0.25) is 0 Å². The van der Waals surface area contributed by atoms with Gasteiger partial charge in [-0.05, 0) is 5.92 Å². The second-order valence-corrected chi connectivity index (χ2v) is 4.70. The summed E-state index contributed by atoms with van der Waals surface area (Å²) in [6.07, 6.45) is 0. The van der Waals surface area contributed by atoms with Crippen LogP contribution in [-0.2, 0) is 14.4 Å². The maximum absolute atomic E-state index is 11.7. The van der Waals surface area contributed by atoms with Gasteiger partial charge in [0.05, 0.1) is 5.92 Å². The van der Waals surface area contributed by atoms with E-state index in [0.29, 0.717) is 0 Å². The Morgan fingerprint density at radius 3 is 2.26 bits per heavy atom. The molecule has 1 saturated heterocycles. The van der Waals surface area contributed by atoms with E-state index in [2.05, 4.69) is 10.6 Å². The molecule has 19 heavy (non-hydrogen) atoms. The molecule has 106 valence electrons. The molecule has 1 unspecified atom stereocenters. The van der Waals surface area contributed by atoms with Gasteiger partial charge in [-0.3, -0.25) is 19.7 Å². The number of hydrogen-bond donors (Lipinski definition) is 3. The molecule has 1 aliphatic heterocycles. The predicted molar refractivity (Wildman–Crippen MR) is 64.1 cm³/mol. The Balaban J connectivity index is 2.52. The molecule has 8 nitrogen and oxygen atoms in total. The number of piperazine rings is 1. The second kappa shape index (κ2) is 6.17. The molecule has 1 heterocycles. The van der Waals surface area contributed by atoms with Gasteiger partial charge >= 0.3 is 12.0 Å². The highest BCUT2D eigenvalue weighted by Crippen LogP contribution is 2.10. The number of nitrogens with zero attached hydrogens (tertiary/aromatic N) is 1. The molecule has 1 aliphatic rings. The van der Waals surface area contributed by atoms with Crippen LogP contribution in [-0.4, -0.2) is 53.5 Å². The number of urea groups is 1. The minimum Gasteiger partial charge on any atom is -0.481 e. The fraction of sp³-hybridized carbons (Fsp3) is 0.636. The number of aliphatic carboxylic acids is 1. The number of imide groups is 1. The van der Waals surface area contributed by atoms with Crippen molar-refractivity contribution in [1.82, 2.24) is 15.5 Å². The third-order valence-corrected chi connectivity index (χ3v) is 2.83. The lowest BCUT2D eigenvalue weighted by molar-refractivity contribution is -0.143. The lowest BCUT2D eigenvalue weighted by Gasteiger charge is -2.26. The van der Waals surface area contributed by atoms with E-state index in [1.807, 2.05) is 0 Å². The predicted octanol–water partition coefficient (Wildman–Crippen LogP) is -0.989. The quantitative estimate of drug-likeness (QED) is 0.568. The second-order valence-electron chi connectivity index (χ2n) is 4.70. The van der Waals surface area contributed by atoms with Gasteiger partial charge in [-0.2, -0.15) is 0 Å². The highest BCUT2D eigenvalue weighted by molar-refractivity contribution is 6.02. The molecule has 0 aromatic carbocycles. The van der Waals surface area contributed by atoms with E-state index < -0.39 is 29.7 Å². The molecule has 0 saturated carbocycles. The minimum absolute atomic E-state index is 0.0435. The molecule has 4 amide bonds. The van der Waals surface area contributed by atoms with Crippen LogP contribution in [0.1, 0.15) is 13.8 Å². The SMILES string of the molecule is CC(C)C(CNC(=O)N1CC(=O)NC(=O)C1)C(=O)O. The van der Waals surface area contributed by atoms with Crippen LogP contribution in [0.4, 0.5) is 4.79 Å². The molecule has 1 atom stereocenters. The number of rotatable bonds is 4. The number of carbonyl (C=O) groups excluding carboxylic acids is 3. The summed E-state index contributed by atoms with van der Waals surface area (Å²) < 4.78 is 0. The fourth-order valence-corrected chi connectivity index (χ4v) is 1.70. The number of carboxylic acid groups (broad SMARTS) is 1. The Hall–Kier alpha value is -2.12. The summed E-state index contributed by atoms with van der Waals surface area (Å²) in [7, 11) is 0. The number of hydrogen-bond acceptors (Lipinski definition) is 4. The van der Waals surface area contributed by atoms with Crippen LogP contribution < -0.4 is 10.6 Å². The van der Waals surface area contributed by atoms with E-state index in [0.717, 1.165) is 4.90 Å². The summed E-state index contributed by atoms with van der Waals surface area (Å²) in [5.74, 6) is -2.94. The van der Waals surface area contributed by atoms with Crippen LogP contribution >= 0.6 is 0 Å². The summed E-state index contributed by atoms with van der Waals surface area (Å²) in [6, 6.07) is -0.616.